The van der Waals surface area contributed by atoms with Crippen LogP contribution in [-0.2, 0) is 7.05 Å². The van der Waals surface area contributed by atoms with Gasteiger partial charge in [-0.1, -0.05) is 18.2 Å². The Morgan fingerprint density at radius 2 is 2.05 bits per heavy atom. The Morgan fingerprint density at radius 3 is 2.86 bits per heavy atom. The number of hydrogen-bond acceptors (Lipinski definition) is 6. The van der Waals surface area contributed by atoms with E-state index in [1.54, 1.807) is 10.9 Å². The molecule has 0 saturated carbocycles. The van der Waals surface area contributed by atoms with Crippen molar-refractivity contribution in [1.29, 1.82) is 0 Å². The molecule has 1 aromatic carbocycles. The van der Waals surface area contributed by atoms with Crippen molar-refractivity contribution in [3.8, 4) is 5.75 Å². The zero-order valence-corrected chi connectivity index (χ0v) is 12.4. The average molecular weight is 298 g/mol. The van der Waals surface area contributed by atoms with E-state index < -0.39 is 0 Å². The molecule has 0 saturated heterocycles. The second-order valence-electron chi connectivity index (χ2n) is 4.88. The summed E-state index contributed by atoms with van der Waals surface area (Å²) in [6, 6.07) is 9.74. The summed E-state index contributed by atoms with van der Waals surface area (Å²) in [5.74, 6) is 1.81. The Bertz CT molecular complexity index is 755. The summed E-state index contributed by atoms with van der Waals surface area (Å²) < 4.78 is 7.30. The van der Waals surface area contributed by atoms with Gasteiger partial charge in [-0.25, -0.2) is 0 Å². The van der Waals surface area contributed by atoms with Crippen LogP contribution in [0, 0.1) is 0 Å². The Morgan fingerprint density at radius 1 is 1.23 bits per heavy atom. The van der Waals surface area contributed by atoms with Crippen molar-refractivity contribution in [2.75, 3.05) is 24.2 Å². The summed E-state index contributed by atoms with van der Waals surface area (Å²) in [6.45, 7) is 1.33. The Kier molecular flexibility index (Phi) is 4.04. The number of para-hydroxylation sites is 1. The molecule has 114 valence electrons. The number of nitrogens with one attached hydrogen (secondary N) is 1. The summed E-state index contributed by atoms with van der Waals surface area (Å²) in [6.07, 6.45) is 2.50. The van der Waals surface area contributed by atoms with Gasteiger partial charge in [-0.3, -0.25) is 4.68 Å². The molecule has 0 unspecified atom stereocenters. The van der Waals surface area contributed by atoms with E-state index in [-0.39, 0.29) is 0 Å². The summed E-state index contributed by atoms with van der Waals surface area (Å²) in [4.78, 5) is 8.64. The molecule has 0 radical (unpaired) electrons. The van der Waals surface area contributed by atoms with Crippen molar-refractivity contribution >= 4 is 22.8 Å². The molecule has 22 heavy (non-hydrogen) atoms. The molecule has 3 aromatic rings. The van der Waals surface area contributed by atoms with Gasteiger partial charge in [0.05, 0.1) is 18.2 Å². The number of benzene rings is 1. The van der Waals surface area contributed by atoms with E-state index in [0.717, 1.165) is 23.2 Å². The lowest BCUT2D eigenvalue weighted by Gasteiger charge is -2.08. The first-order chi connectivity index (χ1) is 10.7. The largest absolute Gasteiger partial charge is 0.494 e. The van der Waals surface area contributed by atoms with Crippen LogP contribution in [0.15, 0.2) is 36.5 Å². The van der Waals surface area contributed by atoms with Gasteiger partial charge in [0, 0.05) is 13.6 Å². The molecule has 3 rings (SSSR count). The Balaban J connectivity index is 1.52. The van der Waals surface area contributed by atoms with Crippen molar-refractivity contribution in [1.82, 2.24) is 19.7 Å². The summed E-state index contributed by atoms with van der Waals surface area (Å²) in [5.41, 5.74) is 6.63. The van der Waals surface area contributed by atoms with Crippen molar-refractivity contribution < 1.29 is 4.74 Å². The zero-order valence-electron chi connectivity index (χ0n) is 12.4. The first-order valence-corrected chi connectivity index (χ1v) is 7.11. The number of ether oxygens (including phenoxy) is 1. The first-order valence-electron chi connectivity index (χ1n) is 7.11. The molecule has 0 aliphatic heterocycles. The van der Waals surface area contributed by atoms with Crippen LogP contribution in [-0.4, -0.2) is 32.9 Å². The monoisotopic (exact) mass is 298 g/mol. The van der Waals surface area contributed by atoms with Gasteiger partial charge >= 0.3 is 0 Å². The fourth-order valence-electron chi connectivity index (χ4n) is 2.10. The number of aromatic nitrogens is 4. The number of fused-ring (bicyclic) bond motifs is 1. The number of nitrogen functional groups attached to an aromatic ring is 1. The second kappa shape index (κ2) is 6.30. The maximum atomic E-state index is 5.91. The third-order valence-electron chi connectivity index (χ3n) is 3.24. The highest BCUT2D eigenvalue weighted by molar-refractivity contribution is 5.86. The fourth-order valence-corrected chi connectivity index (χ4v) is 2.10. The van der Waals surface area contributed by atoms with E-state index in [1.807, 2.05) is 37.4 Å². The van der Waals surface area contributed by atoms with Crippen LogP contribution in [0.5, 0.6) is 5.75 Å². The van der Waals surface area contributed by atoms with Crippen LogP contribution < -0.4 is 15.8 Å². The van der Waals surface area contributed by atoms with Gasteiger partial charge in [0.25, 0.3) is 0 Å². The smallest absolute Gasteiger partial charge is 0.226 e. The van der Waals surface area contributed by atoms with Gasteiger partial charge in [0.15, 0.2) is 5.65 Å². The normalized spacial score (nSPS) is 10.8. The van der Waals surface area contributed by atoms with Crippen LogP contribution in [0.2, 0.25) is 0 Å². The van der Waals surface area contributed by atoms with Gasteiger partial charge in [-0.2, -0.15) is 15.1 Å². The van der Waals surface area contributed by atoms with Crippen molar-refractivity contribution in [2.24, 2.45) is 7.05 Å². The number of rotatable bonds is 6. The molecule has 0 fully saturated rings. The zero-order chi connectivity index (χ0) is 15.4. The minimum absolute atomic E-state index is 0.432. The molecular formula is C15H18N6O. The third-order valence-corrected chi connectivity index (χ3v) is 3.24. The lowest BCUT2D eigenvalue weighted by molar-refractivity contribution is 0.315. The van der Waals surface area contributed by atoms with Crippen LogP contribution in [0.3, 0.4) is 0 Å². The number of nitrogens with two attached hydrogens (primary N) is 1. The van der Waals surface area contributed by atoms with E-state index in [2.05, 4.69) is 20.4 Å². The molecule has 0 bridgehead atoms. The van der Waals surface area contributed by atoms with Crippen LogP contribution in [0.1, 0.15) is 6.42 Å². The van der Waals surface area contributed by atoms with E-state index in [9.17, 15) is 0 Å². The van der Waals surface area contributed by atoms with Gasteiger partial charge < -0.3 is 15.8 Å². The van der Waals surface area contributed by atoms with Crippen molar-refractivity contribution in [3.63, 3.8) is 0 Å². The average Bonchev–Trinajstić information content (AvgIpc) is 2.90. The SMILES string of the molecule is Cn1ncc2c(N)nc(NCCCOc3ccccc3)nc21. The van der Waals surface area contributed by atoms with Gasteiger partial charge in [0.1, 0.15) is 11.6 Å². The first kappa shape index (κ1) is 14.1. The molecule has 2 aromatic heterocycles. The molecule has 0 aliphatic carbocycles. The van der Waals surface area contributed by atoms with E-state index in [0.29, 0.717) is 24.9 Å². The molecule has 0 aliphatic rings. The van der Waals surface area contributed by atoms with Gasteiger partial charge in [-0.15, -0.1) is 0 Å². The van der Waals surface area contributed by atoms with E-state index in [4.69, 9.17) is 10.5 Å². The minimum atomic E-state index is 0.432. The third kappa shape index (κ3) is 3.08. The molecule has 0 amide bonds. The fraction of sp³-hybridized carbons (Fsp3) is 0.267. The number of aryl methyl sites for hydroxylation is 1. The highest BCUT2D eigenvalue weighted by atomic mass is 16.5. The predicted molar refractivity (Wildman–Crippen MR) is 85.8 cm³/mol. The van der Waals surface area contributed by atoms with Crippen molar-refractivity contribution in [2.45, 2.75) is 6.42 Å². The van der Waals surface area contributed by atoms with Crippen LogP contribution in [0.4, 0.5) is 11.8 Å². The molecule has 3 N–H and O–H groups in total. The van der Waals surface area contributed by atoms with Crippen molar-refractivity contribution in [3.05, 3.63) is 36.5 Å². The van der Waals surface area contributed by atoms with Gasteiger partial charge in [0.2, 0.25) is 5.95 Å². The van der Waals surface area contributed by atoms with Crippen LogP contribution in [0.25, 0.3) is 11.0 Å². The molecule has 7 heteroatoms. The topological polar surface area (TPSA) is 90.9 Å². The quantitative estimate of drug-likeness (QED) is 0.675. The van der Waals surface area contributed by atoms with Crippen LogP contribution >= 0.6 is 0 Å². The highest BCUT2D eigenvalue weighted by Crippen LogP contribution is 2.18. The number of anilines is 2. The lowest BCUT2D eigenvalue weighted by atomic mass is 10.3. The molecule has 7 nitrogen and oxygen atoms in total. The summed E-state index contributed by atoms with van der Waals surface area (Å²) >= 11 is 0. The highest BCUT2D eigenvalue weighted by Gasteiger charge is 2.08. The summed E-state index contributed by atoms with van der Waals surface area (Å²) in [5, 5.41) is 8.05. The van der Waals surface area contributed by atoms with E-state index >= 15 is 0 Å². The van der Waals surface area contributed by atoms with E-state index in [1.165, 1.54) is 0 Å². The molecule has 2 heterocycles. The predicted octanol–water partition coefficient (Wildman–Crippen LogP) is 1.83. The maximum absolute atomic E-state index is 5.91. The Hall–Kier alpha value is -2.83. The number of hydrogen-bond donors (Lipinski definition) is 2. The number of nitrogens with zero attached hydrogens (tertiary/aromatic N) is 4. The Labute approximate surface area is 128 Å². The molecule has 0 spiro atoms. The molecule has 0 atom stereocenters. The summed E-state index contributed by atoms with van der Waals surface area (Å²) in [7, 11) is 1.83. The minimum Gasteiger partial charge on any atom is -0.494 e. The lowest BCUT2D eigenvalue weighted by Crippen LogP contribution is -2.10. The second-order valence-corrected chi connectivity index (χ2v) is 4.88. The van der Waals surface area contributed by atoms with Gasteiger partial charge in [-0.05, 0) is 18.6 Å². The standard InChI is InChI=1S/C15H18N6O/c1-21-14-12(10-18-21)13(16)19-15(20-14)17-8-5-9-22-11-6-3-2-4-7-11/h2-4,6-7,10H,5,8-9H2,1H3,(H3,16,17,19,20). The maximum Gasteiger partial charge on any atom is 0.226 e. The molecular weight excluding hydrogens is 280 g/mol.